The Bertz CT molecular complexity index is 809. The van der Waals surface area contributed by atoms with E-state index in [0.29, 0.717) is 23.7 Å². The predicted molar refractivity (Wildman–Crippen MR) is 103 cm³/mol. The molecule has 2 aromatic rings. The molecule has 0 spiro atoms. The van der Waals surface area contributed by atoms with Gasteiger partial charge in [-0.15, -0.1) is 11.3 Å². The fourth-order valence-electron chi connectivity index (χ4n) is 4.14. The molecule has 4 nitrogen and oxygen atoms in total. The number of nitrogens with one attached hydrogen (secondary N) is 1. The van der Waals surface area contributed by atoms with Crippen LogP contribution in [0.3, 0.4) is 0 Å². The number of nitrogens with zero attached hydrogens (tertiary/aromatic N) is 1. The molecule has 1 fully saturated rings. The molecular weight excluding hydrogens is 344 g/mol. The maximum absolute atomic E-state index is 13.1. The molecule has 0 unspecified atom stereocenters. The molecule has 1 N–H and O–H groups in total. The Morgan fingerprint density at radius 1 is 1.19 bits per heavy atom. The lowest BCUT2D eigenvalue weighted by molar-refractivity contribution is 0.0656. The van der Waals surface area contributed by atoms with Crippen LogP contribution in [-0.4, -0.2) is 22.8 Å². The van der Waals surface area contributed by atoms with Crippen molar-refractivity contribution in [3.8, 4) is 0 Å². The second-order valence-electron chi connectivity index (χ2n) is 7.28. The van der Waals surface area contributed by atoms with Crippen molar-refractivity contribution in [1.82, 2.24) is 10.2 Å². The summed E-state index contributed by atoms with van der Waals surface area (Å²) in [6, 6.07) is 9.90. The van der Waals surface area contributed by atoms with Crippen molar-refractivity contribution in [3.05, 3.63) is 57.3 Å². The number of amides is 2. The largest absolute Gasteiger partial charge is 0.345 e. The maximum Gasteiger partial charge on any atom is 0.255 e. The van der Waals surface area contributed by atoms with Crippen molar-refractivity contribution in [2.24, 2.45) is 0 Å². The van der Waals surface area contributed by atoms with Gasteiger partial charge >= 0.3 is 0 Å². The Labute approximate surface area is 158 Å². The van der Waals surface area contributed by atoms with Crippen LogP contribution < -0.4 is 5.32 Å². The molecule has 1 aliphatic carbocycles. The predicted octanol–water partition coefficient (Wildman–Crippen LogP) is 4.53. The molecule has 136 valence electrons. The Kier molecular flexibility index (Phi) is 4.81. The van der Waals surface area contributed by atoms with Crippen molar-refractivity contribution >= 4 is 23.2 Å². The van der Waals surface area contributed by atoms with E-state index in [1.807, 2.05) is 41.5 Å². The van der Waals surface area contributed by atoms with Crippen molar-refractivity contribution in [2.45, 2.75) is 57.7 Å². The fraction of sp³-hybridized carbons (Fsp3) is 0.429. The van der Waals surface area contributed by atoms with E-state index in [4.69, 9.17) is 0 Å². The SMILES string of the molecule is C[C@@H](NC(=O)c1cccc2c1C(=O)N(C1CCCCC1)C2)c1cccs1. The first-order valence-electron chi connectivity index (χ1n) is 9.42. The lowest BCUT2D eigenvalue weighted by atomic mass is 9.94. The molecule has 1 aromatic carbocycles. The maximum atomic E-state index is 13.1. The second kappa shape index (κ2) is 7.23. The number of hydrogen-bond acceptors (Lipinski definition) is 3. The summed E-state index contributed by atoms with van der Waals surface area (Å²) in [5.41, 5.74) is 2.10. The van der Waals surface area contributed by atoms with Gasteiger partial charge in [0.2, 0.25) is 0 Å². The van der Waals surface area contributed by atoms with Crippen LogP contribution in [0.5, 0.6) is 0 Å². The van der Waals surface area contributed by atoms with Gasteiger partial charge < -0.3 is 10.2 Å². The minimum Gasteiger partial charge on any atom is -0.345 e. The summed E-state index contributed by atoms with van der Waals surface area (Å²) in [4.78, 5) is 29.0. The van der Waals surface area contributed by atoms with Crippen LogP contribution in [0.4, 0.5) is 0 Å². The molecule has 2 amide bonds. The first-order valence-corrected chi connectivity index (χ1v) is 10.3. The molecule has 0 bridgehead atoms. The van der Waals surface area contributed by atoms with Gasteiger partial charge in [-0.2, -0.15) is 0 Å². The molecule has 1 aliphatic heterocycles. The number of rotatable bonds is 4. The first kappa shape index (κ1) is 17.3. The molecule has 4 rings (SSSR count). The third-order valence-electron chi connectivity index (χ3n) is 5.54. The Hall–Kier alpha value is -2.14. The highest BCUT2D eigenvalue weighted by Crippen LogP contribution is 2.32. The van der Waals surface area contributed by atoms with Gasteiger partial charge in [-0.05, 0) is 42.8 Å². The van der Waals surface area contributed by atoms with Crippen LogP contribution in [0, 0.1) is 0 Å². The van der Waals surface area contributed by atoms with E-state index in [9.17, 15) is 9.59 Å². The molecule has 1 aromatic heterocycles. The highest BCUT2D eigenvalue weighted by atomic mass is 32.1. The number of hydrogen-bond donors (Lipinski definition) is 1. The minimum absolute atomic E-state index is 0.0291. The van der Waals surface area contributed by atoms with Gasteiger partial charge in [0.25, 0.3) is 11.8 Å². The van der Waals surface area contributed by atoms with E-state index in [0.717, 1.165) is 23.3 Å². The van der Waals surface area contributed by atoms with Gasteiger partial charge in [0.05, 0.1) is 17.2 Å². The monoisotopic (exact) mass is 368 g/mol. The van der Waals surface area contributed by atoms with Gasteiger partial charge in [-0.25, -0.2) is 0 Å². The summed E-state index contributed by atoms with van der Waals surface area (Å²) < 4.78 is 0. The number of benzene rings is 1. The van der Waals surface area contributed by atoms with Crippen LogP contribution in [0.25, 0.3) is 0 Å². The van der Waals surface area contributed by atoms with Gasteiger partial charge in [0, 0.05) is 17.5 Å². The van der Waals surface area contributed by atoms with E-state index in [1.54, 1.807) is 17.4 Å². The normalized spacial score (nSPS) is 18.7. The van der Waals surface area contributed by atoms with Crippen LogP contribution in [0.2, 0.25) is 0 Å². The Morgan fingerprint density at radius 3 is 2.73 bits per heavy atom. The van der Waals surface area contributed by atoms with E-state index in [-0.39, 0.29) is 17.9 Å². The first-order chi connectivity index (χ1) is 12.6. The molecule has 2 heterocycles. The molecule has 5 heteroatoms. The number of carbonyl (C=O) groups is 2. The quantitative estimate of drug-likeness (QED) is 0.862. The highest BCUT2D eigenvalue weighted by Gasteiger charge is 2.36. The lowest BCUT2D eigenvalue weighted by Gasteiger charge is -2.30. The summed E-state index contributed by atoms with van der Waals surface area (Å²) in [6.45, 7) is 2.61. The molecule has 1 saturated carbocycles. The molecule has 1 atom stereocenters. The molecule has 0 radical (unpaired) electrons. The lowest BCUT2D eigenvalue weighted by Crippen LogP contribution is -2.37. The Morgan fingerprint density at radius 2 is 2.00 bits per heavy atom. The zero-order chi connectivity index (χ0) is 18.1. The van der Waals surface area contributed by atoms with E-state index < -0.39 is 0 Å². The minimum atomic E-state index is -0.165. The number of carbonyl (C=O) groups excluding carboxylic acids is 2. The summed E-state index contributed by atoms with van der Waals surface area (Å²) in [6.07, 6.45) is 5.81. The summed E-state index contributed by atoms with van der Waals surface area (Å²) in [5.74, 6) is -0.136. The Balaban J connectivity index is 1.56. The topological polar surface area (TPSA) is 49.4 Å². The molecule has 2 aliphatic rings. The number of thiophene rings is 1. The molecule has 0 saturated heterocycles. The van der Waals surface area contributed by atoms with Gasteiger partial charge in [0.1, 0.15) is 0 Å². The van der Waals surface area contributed by atoms with Crippen molar-refractivity contribution < 1.29 is 9.59 Å². The van der Waals surface area contributed by atoms with Gasteiger partial charge in [-0.3, -0.25) is 9.59 Å². The standard InChI is InChI=1S/C21H24N2O2S/c1-14(18-11-6-12-26-18)22-20(24)17-10-5-7-15-13-23(21(25)19(15)17)16-8-3-2-4-9-16/h5-7,10-12,14,16H,2-4,8-9,13H2,1H3,(H,22,24)/t14-/m1/s1. The third kappa shape index (κ3) is 3.16. The average Bonchev–Trinajstić information content (AvgIpc) is 3.31. The number of fused-ring (bicyclic) bond motifs is 1. The zero-order valence-corrected chi connectivity index (χ0v) is 15.8. The van der Waals surface area contributed by atoms with Gasteiger partial charge in [-0.1, -0.05) is 37.5 Å². The van der Waals surface area contributed by atoms with Crippen molar-refractivity contribution in [3.63, 3.8) is 0 Å². The fourth-order valence-corrected chi connectivity index (χ4v) is 4.88. The summed E-state index contributed by atoms with van der Waals surface area (Å²) in [5, 5.41) is 5.05. The summed E-state index contributed by atoms with van der Waals surface area (Å²) >= 11 is 1.62. The second-order valence-corrected chi connectivity index (χ2v) is 8.25. The van der Waals surface area contributed by atoms with E-state index in [1.165, 1.54) is 19.3 Å². The molecular formula is C21H24N2O2S. The highest BCUT2D eigenvalue weighted by molar-refractivity contribution is 7.10. The van der Waals surface area contributed by atoms with Crippen LogP contribution in [-0.2, 0) is 6.54 Å². The van der Waals surface area contributed by atoms with Crippen molar-refractivity contribution in [1.29, 1.82) is 0 Å². The molecule has 26 heavy (non-hydrogen) atoms. The van der Waals surface area contributed by atoms with E-state index in [2.05, 4.69) is 5.32 Å². The van der Waals surface area contributed by atoms with Crippen molar-refractivity contribution in [2.75, 3.05) is 0 Å². The van der Waals surface area contributed by atoms with E-state index >= 15 is 0 Å². The smallest absolute Gasteiger partial charge is 0.255 e. The average molecular weight is 369 g/mol. The van der Waals surface area contributed by atoms with Crippen LogP contribution in [0.1, 0.15) is 76.2 Å². The zero-order valence-electron chi connectivity index (χ0n) is 15.0. The van der Waals surface area contributed by atoms with Crippen LogP contribution in [0.15, 0.2) is 35.7 Å². The third-order valence-corrected chi connectivity index (χ3v) is 6.60. The van der Waals surface area contributed by atoms with Crippen LogP contribution >= 0.6 is 11.3 Å². The van der Waals surface area contributed by atoms with Gasteiger partial charge in [0.15, 0.2) is 0 Å². The summed E-state index contributed by atoms with van der Waals surface area (Å²) in [7, 11) is 0.